The SMILES string of the molecule is OC(O)/C=C/C#CC#C/C=C/C(O)O. The van der Waals surface area contributed by atoms with E-state index in [-0.39, 0.29) is 0 Å². The minimum absolute atomic E-state index is 1.09. The fourth-order valence-electron chi connectivity index (χ4n) is 0.424. The van der Waals surface area contributed by atoms with Crippen LogP contribution in [0.3, 0.4) is 0 Å². The van der Waals surface area contributed by atoms with Crippen molar-refractivity contribution in [3.8, 4) is 23.7 Å². The van der Waals surface area contributed by atoms with E-state index < -0.39 is 12.6 Å². The van der Waals surface area contributed by atoms with Crippen LogP contribution in [0.5, 0.6) is 0 Å². The van der Waals surface area contributed by atoms with Crippen molar-refractivity contribution in [2.24, 2.45) is 0 Å². The molecular weight excluding hydrogens is 184 g/mol. The van der Waals surface area contributed by atoms with Crippen LogP contribution in [-0.2, 0) is 0 Å². The molecule has 0 aromatic rings. The molecule has 0 aliphatic carbocycles. The summed E-state index contributed by atoms with van der Waals surface area (Å²) in [6.45, 7) is 0. The Balaban J connectivity index is 3.91. The Labute approximate surface area is 81.8 Å². The van der Waals surface area contributed by atoms with Gasteiger partial charge in [0.1, 0.15) is 0 Å². The fourth-order valence-corrected chi connectivity index (χ4v) is 0.424. The zero-order valence-electron chi connectivity index (χ0n) is 7.25. The quantitative estimate of drug-likeness (QED) is 0.326. The molecule has 0 rings (SSSR count). The Bertz CT molecular complexity index is 284. The highest BCUT2D eigenvalue weighted by Gasteiger charge is 1.82. The number of aliphatic hydroxyl groups excluding tert-OH is 2. The molecule has 74 valence electrons. The molecular formula is C10H10O4. The van der Waals surface area contributed by atoms with Crippen molar-refractivity contribution in [3.63, 3.8) is 0 Å². The monoisotopic (exact) mass is 194 g/mol. The van der Waals surface area contributed by atoms with Crippen molar-refractivity contribution in [1.29, 1.82) is 0 Å². The molecule has 0 aliphatic heterocycles. The van der Waals surface area contributed by atoms with Gasteiger partial charge in [0.25, 0.3) is 0 Å². The Morgan fingerprint density at radius 2 is 1.07 bits per heavy atom. The third-order valence-electron chi connectivity index (χ3n) is 0.910. The lowest BCUT2D eigenvalue weighted by Crippen LogP contribution is -1.96. The molecule has 4 nitrogen and oxygen atoms in total. The fraction of sp³-hybridized carbons (Fsp3) is 0.200. The molecule has 0 bridgehead atoms. The highest BCUT2D eigenvalue weighted by Crippen LogP contribution is 1.77. The summed E-state index contributed by atoms with van der Waals surface area (Å²) >= 11 is 0. The van der Waals surface area contributed by atoms with Crippen LogP contribution in [0.1, 0.15) is 0 Å². The standard InChI is InChI=1S/C10H10O4/c11-9(12)7-5-3-1-2-4-6-8-10(13)14/h5-14H/b7-5+,8-6+. The van der Waals surface area contributed by atoms with E-state index in [4.69, 9.17) is 20.4 Å². The maximum absolute atomic E-state index is 8.35. The molecule has 0 saturated carbocycles. The number of aliphatic hydroxyl groups is 4. The third kappa shape index (κ3) is 10.4. The highest BCUT2D eigenvalue weighted by atomic mass is 16.5. The van der Waals surface area contributed by atoms with Gasteiger partial charge in [0.15, 0.2) is 12.6 Å². The van der Waals surface area contributed by atoms with Crippen LogP contribution in [0.2, 0.25) is 0 Å². The molecule has 4 N–H and O–H groups in total. The summed E-state index contributed by atoms with van der Waals surface area (Å²) < 4.78 is 0. The summed E-state index contributed by atoms with van der Waals surface area (Å²) in [5.74, 6) is 9.60. The van der Waals surface area contributed by atoms with E-state index in [1.165, 1.54) is 12.2 Å². The maximum Gasteiger partial charge on any atom is 0.172 e. The van der Waals surface area contributed by atoms with Crippen molar-refractivity contribution in [1.82, 2.24) is 0 Å². The number of hydrogen-bond acceptors (Lipinski definition) is 4. The molecule has 0 amide bonds. The van der Waals surface area contributed by atoms with E-state index in [0.29, 0.717) is 0 Å². The predicted octanol–water partition coefficient (Wildman–Crippen LogP) is -1.27. The molecule has 0 radical (unpaired) electrons. The van der Waals surface area contributed by atoms with Gasteiger partial charge in [0.05, 0.1) is 0 Å². The zero-order chi connectivity index (χ0) is 10.8. The Kier molecular flexibility index (Phi) is 7.16. The minimum atomic E-state index is -1.51. The second-order valence-corrected chi connectivity index (χ2v) is 2.08. The topological polar surface area (TPSA) is 80.9 Å². The van der Waals surface area contributed by atoms with E-state index in [1.54, 1.807) is 0 Å². The first-order valence-corrected chi connectivity index (χ1v) is 3.69. The molecule has 0 aliphatic rings. The second-order valence-electron chi connectivity index (χ2n) is 2.08. The molecule has 0 fully saturated rings. The van der Waals surface area contributed by atoms with Crippen molar-refractivity contribution in [3.05, 3.63) is 24.3 Å². The van der Waals surface area contributed by atoms with Gasteiger partial charge in [-0.2, -0.15) is 0 Å². The van der Waals surface area contributed by atoms with E-state index in [1.807, 2.05) is 0 Å². The molecule has 0 unspecified atom stereocenters. The normalized spacial score (nSPS) is 10.4. The first-order valence-electron chi connectivity index (χ1n) is 3.69. The summed E-state index contributed by atoms with van der Waals surface area (Å²) in [5, 5.41) is 33.4. The van der Waals surface area contributed by atoms with Gasteiger partial charge >= 0.3 is 0 Å². The third-order valence-corrected chi connectivity index (χ3v) is 0.910. The Morgan fingerprint density at radius 3 is 1.36 bits per heavy atom. The molecule has 0 heterocycles. The average Bonchev–Trinajstić information content (AvgIpc) is 2.08. The molecule has 0 aromatic carbocycles. The smallest absolute Gasteiger partial charge is 0.172 e. The molecule has 0 aromatic heterocycles. The van der Waals surface area contributed by atoms with Gasteiger partial charge in [0, 0.05) is 0 Å². The van der Waals surface area contributed by atoms with E-state index in [0.717, 1.165) is 12.2 Å². The summed E-state index contributed by atoms with van der Waals surface area (Å²) in [5.41, 5.74) is 0. The summed E-state index contributed by atoms with van der Waals surface area (Å²) in [7, 11) is 0. The van der Waals surface area contributed by atoms with Crippen molar-refractivity contribution in [2.75, 3.05) is 0 Å². The van der Waals surface area contributed by atoms with Crippen molar-refractivity contribution >= 4 is 0 Å². The first-order chi connectivity index (χ1) is 6.63. The molecule has 0 saturated heterocycles. The lowest BCUT2D eigenvalue weighted by atomic mass is 10.4. The van der Waals surface area contributed by atoms with Crippen LogP contribution >= 0.6 is 0 Å². The zero-order valence-corrected chi connectivity index (χ0v) is 7.25. The largest absolute Gasteiger partial charge is 0.365 e. The van der Waals surface area contributed by atoms with Gasteiger partial charge in [-0.1, -0.05) is 11.8 Å². The van der Waals surface area contributed by atoms with E-state index in [9.17, 15) is 0 Å². The van der Waals surface area contributed by atoms with Crippen LogP contribution in [-0.4, -0.2) is 33.0 Å². The first kappa shape index (κ1) is 12.4. The average molecular weight is 194 g/mol. The second kappa shape index (κ2) is 8.06. The molecule has 0 spiro atoms. The van der Waals surface area contributed by atoms with E-state index >= 15 is 0 Å². The number of rotatable bonds is 2. The van der Waals surface area contributed by atoms with Gasteiger partial charge in [-0.25, -0.2) is 0 Å². The van der Waals surface area contributed by atoms with Crippen LogP contribution in [0.4, 0.5) is 0 Å². The molecule has 14 heavy (non-hydrogen) atoms. The number of hydrogen-bond donors (Lipinski definition) is 4. The van der Waals surface area contributed by atoms with Gasteiger partial charge in [0.2, 0.25) is 0 Å². The molecule has 0 atom stereocenters. The minimum Gasteiger partial charge on any atom is -0.365 e. The summed E-state index contributed by atoms with van der Waals surface area (Å²) in [6.07, 6.45) is 1.65. The van der Waals surface area contributed by atoms with Gasteiger partial charge in [-0.05, 0) is 36.1 Å². The van der Waals surface area contributed by atoms with Crippen molar-refractivity contribution < 1.29 is 20.4 Å². The predicted molar refractivity (Wildman–Crippen MR) is 50.3 cm³/mol. The highest BCUT2D eigenvalue weighted by molar-refractivity contribution is 5.34. The van der Waals surface area contributed by atoms with Gasteiger partial charge < -0.3 is 20.4 Å². The number of allylic oxidation sites excluding steroid dienone is 2. The molecule has 4 heteroatoms. The summed E-state index contributed by atoms with van der Waals surface area (Å²) in [4.78, 5) is 0. The van der Waals surface area contributed by atoms with Crippen molar-refractivity contribution in [2.45, 2.75) is 12.6 Å². The summed E-state index contributed by atoms with van der Waals surface area (Å²) in [6, 6.07) is 0. The van der Waals surface area contributed by atoms with Crippen LogP contribution in [0.25, 0.3) is 0 Å². The van der Waals surface area contributed by atoms with Gasteiger partial charge in [-0.3, -0.25) is 0 Å². The van der Waals surface area contributed by atoms with Crippen LogP contribution in [0.15, 0.2) is 24.3 Å². The lowest BCUT2D eigenvalue weighted by Gasteiger charge is -1.87. The van der Waals surface area contributed by atoms with Crippen LogP contribution < -0.4 is 0 Å². The lowest BCUT2D eigenvalue weighted by molar-refractivity contribution is 0.00172. The van der Waals surface area contributed by atoms with Crippen LogP contribution in [0, 0.1) is 23.7 Å². The van der Waals surface area contributed by atoms with Gasteiger partial charge in [-0.15, -0.1) is 0 Å². The van der Waals surface area contributed by atoms with E-state index in [2.05, 4.69) is 23.7 Å². The Morgan fingerprint density at radius 1 is 0.714 bits per heavy atom. The Hall–Kier alpha value is -1.56. The maximum atomic E-state index is 8.35.